The fourth-order valence-corrected chi connectivity index (χ4v) is 2.84. The Bertz CT molecular complexity index is 540. The van der Waals surface area contributed by atoms with E-state index in [1.54, 1.807) is 16.0 Å². The molecule has 0 bridgehead atoms. The average molecular weight is 265 g/mol. The van der Waals surface area contributed by atoms with E-state index >= 15 is 0 Å². The maximum atomic E-state index is 9.39. The quantitative estimate of drug-likeness (QED) is 0.906. The summed E-state index contributed by atoms with van der Waals surface area (Å²) in [5.74, 6) is 0. The average Bonchev–Trinajstić information content (AvgIpc) is 2.92. The molecule has 0 amide bonds. The van der Waals surface area contributed by atoms with Crippen molar-refractivity contribution in [2.45, 2.75) is 13.5 Å². The van der Waals surface area contributed by atoms with Crippen LogP contribution in [-0.2, 0) is 11.3 Å². The van der Waals surface area contributed by atoms with Crippen LogP contribution >= 0.6 is 11.3 Å². The summed E-state index contributed by atoms with van der Waals surface area (Å²) in [7, 11) is 0. The minimum atomic E-state index is -0.170. The third kappa shape index (κ3) is 2.07. The lowest BCUT2D eigenvalue weighted by Gasteiger charge is -2.39. The van der Waals surface area contributed by atoms with E-state index < -0.39 is 0 Å². The highest BCUT2D eigenvalue weighted by Gasteiger charge is 2.38. The molecule has 0 radical (unpaired) electrons. The van der Waals surface area contributed by atoms with Crippen molar-refractivity contribution in [2.75, 3.05) is 19.8 Å². The summed E-state index contributed by atoms with van der Waals surface area (Å²) >= 11 is 1.71. The van der Waals surface area contributed by atoms with Gasteiger partial charge in [-0.05, 0) is 19.1 Å². The number of aryl methyl sites for hydroxylation is 1. The summed E-state index contributed by atoms with van der Waals surface area (Å²) in [6.07, 6.45) is 1.93. The Labute approximate surface area is 109 Å². The molecule has 0 unspecified atom stereocenters. The molecule has 1 N–H and O–H groups in total. The van der Waals surface area contributed by atoms with Gasteiger partial charge in [0, 0.05) is 4.88 Å². The van der Waals surface area contributed by atoms with Crippen molar-refractivity contribution in [2.24, 2.45) is 5.41 Å². The minimum Gasteiger partial charge on any atom is -0.396 e. The molecule has 96 valence electrons. The van der Waals surface area contributed by atoms with Gasteiger partial charge < -0.3 is 9.84 Å². The van der Waals surface area contributed by atoms with Gasteiger partial charge in [0.25, 0.3) is 0 Å². The number of hydrogen-bond donors (Lipinski definition) is 1. The molecule has 5 nitrogen and oxygen atoms in total. The van der Waals surface area contributed by atoms with Crippen molar-refractivity contribution in [1.82, 2.24) is 15.0 Å². The van der Waals surface area contributed by atoms with Gasteiger partial charge in [-0.15, -0.1) is 16.4 Å². The molecule has 2 aromatic rings. The number of aliphatic hydroxyl groups excluding tert-OH is 1. The van der Waals surface area contributed by atoms with E-state index in [0.717, 1.165) is 10.6 Å². The van der Waals surface area contributed by atoms with Crippen molar-refractivity contribution < 1.29 is 9.84 Å². The predicted octanol–water partition coefficient (Wildman–Crippen LogP) is 1.32. The van der Waals surface area contributed by atoms with Crippen molar-refractivity contribution in [3.8, 4) is 10.6 Å². The summed E-state index contributed by atoms with van der Waals surface area (Å²) in [6.45, 7) is 4.04. The summed E-state index contributed by atoms with van der Waals surface area (Å²) in [6, 6.07) is 4.14. The van der Waals surface area contributed by atoms with Gasteiger partial charge in [0.05, 0.1) is 42.9 Å². The molecular weight excluding hydrogens is 250 g/mol. The van der Waals surface area contributed by atoms with Gasteiger partial charge >= 0.3 is 0 Å². The van der Waals surface area contributed by atoms with E-state index in [0.29, 0.717) is 19.8 Å². The van der Waals surface area contributed by atoms with Crippen LogP contribution in [0, 0.1) is 12.3 Å². The predicted molar refractivity (Wildman–Crippen MR) is 68.4 cm³/mol. The normalized spacial score (nSPS) is 17.7. The number of aromatic nitrogens is 3. The van der Waals surface area contributed by atoms with Crippen LogP contribution < -0.4 is 0 Å². The molecule has 0 atom stereocenters. The first-order chi connectivity index (χ1) is 8.71. The third-order valence-corrected chi connectivity index (χ3v) is 4.20. The third-order valence-electron chi connectivity index (χ3n) is 3.18. The second-order valence-corrected chi connectivity index (χ2v) is 6.15. The van der Waals surface area contributed by atoms with E-state index in [1.807, 2.05) is 6.20 Å². The molecule has 0 aliphatic carbocycles. The minimum absolute atomic E-state index is 0.125. The SMILES string of the molecule is Cc1ccc(-c2cn(CC3(CO)COC3)nn2)s1. The first-order valence-electron chi connectivity index (χ1n) is 5.86. The molecule has 0 aromatic carbocycles. The van der Waals surface area contributed by atoms with Gasteiger partial charge in [-0.3, -0.25) is 4.68 Å². The van der Waals surface area contributed by atoms with Crippen LogP contribution in [0.3, 0.4) is 0 Å². The Hall–Kier alpha value is -1.24. The summed E-state index contributed by atoms with van der Waals surface area (Å²) < 4.78 is 6.97. The van der Waals surface area contributed by atoms with E-state index in [9.17, 15) is 5.11 Å². The van der Waals surface area contributed by atoms with E-state index in [4.69, 9.17) is 4.74 Å². The van der Waals surface area contributed by atoms with Crippen LogP contribution in [0.25, 0.3) is 10.6 Å². The van der Waals surface area contributed by atoms with Gasteiger partial charge in [-0.1, -0.05) is 5.21 Å². The van der Waals surface area contributed by atoms with E-state index in [-0.39, 0.29) is 12.0 Å². The molecule has 1 fully saturated rings. The first kappa shape index (κ1) is 11.8. The van der Waals surface area contributed by atoms with Crippen molar-refractivity contribution >= 4 is 11.3 Å². The molecule has 3 heterocycles. The molecule has 1 aliphatic heterocycles. The largest absolute Gasteiger partial charge is 0.396 e. The zero-order valence-corrected chi connectivity index (χ0v) is 11.0. The van der Waals surface area contributed by atoms with Crippen LogP contribution in [0.15, 0.2) is 18.3 Å². The van der Waals surface area contributed by atoms with E-state index in [1.165, 1.54) is 4.88 Å². The highest BCUT2D eigenvalue weighted by molar-refractivity contribution is 7.15. The van der Waals surface area contributed by atoms with Gasteiger partial charge in [0.15, 0.2) is 0 Å². The van der Waals surface area contributed by atoms with Gasteiger partial charge in [0.2, 0.25) is 0 Å². The second kappa shape index (κ2) is 4.46. The highest BCUT2D eigenvalue weighted by atomic mass is 32.1. The number of ether oxygens (including phenoxy) is 1. The van der Waals surface area contributed by atoms with Crippen LogP contribution in [-0.4, -0.2) is 39.9 Å². The lowest BCUT2D eigenvalue weighted by atomic mass is 9.87. The number of hydrogen-bond acceptors (Lipinski definition) is 5. The molecule has 2 aromatic heterocycles. The van der Waals surface area contributed by atoms with Gasteiger partial charge in [-0.25, -0.2) is 0 Å². The molecule has 1 aliphatic rings. The number of thiophene rings is 1. The standard InChI is InChI=1S/C12H15N3O2S/c1-9-2-3-11(18-9)10-4-15(14-13-10)5-12(6-16)7-17-8-12/h2-4,16H,5-8H2,1H3. The van der Waals surface area contributed by atoms with Crippen LogP contribution in [0.5, 0.6) is 0 Å². The number of rotatable bonds is 4. The number of aliphatic hydroxyl groups is 1. The maximum Gasteiger partial charge on any atom is 0.122 e. The zero-order valence-electron chi connectivity index (χ0n) is 10.2. The zero-order chi connectivity index (χ0) is 12.6. The fraction of sp³-hybridized carbons (Fsp3) is 0.500. The first-order valence-corrected chi connectivity index (χ1v) is 6.68. The van der Waals surface area contributed by atoms with Crippen LogP contribution in [0.4, 0.5) is 0 Å². The maximum absolute atomic E-state index is 9.39. The monoisotopic (exact) mass is 265 g/mol. The molecule has 1 saturated heterocycles. The van der Waals surface area contributed by atoms with Crippen molar-refractivity contribution in [3.05, 3.63) is 23.2 Å². The number of nitrogens with zero attached hydrogens (tertiary/aromatic N) is 3. The second-order valence-electron chi connectivity index (χ2n) is 4.86. The van der Waals surface area contributed by atoms with Gasteiger partial charge in [-0.2, -0.15) is 0 Å². The smallest absolute Gasteiger partial charge is 0.122 e. The molecule has 0 spiro atoms. The Morgan fingerprint density at radius 3 is 2.89 bits per heavy atom. The summed E-state index contributed by atoms with van der Waals surface area (Å²) in [5.41, 5.74) is 0.720. The van der Waals surface area contributed by atoms with Crippen LogP contribution in [0.1, 0.15) is 4.88 Å². The Kier molecular flexibility index (Phi) is 2.93. The molecule has 0 saturated carbocycles. The lowest BCUT2D eigenvalue weighted by Crippen LogP contribution is -2.48. The Morgan fingerprint density at radius 2 is 2.33 bits per heavy atom. The molecular formula is C12H15N3O2S. The summed E-state index contributed by atoms with van der Waals surface area (Å²) in [4.78, 5) is 2.39. The van der Waals surface area contributed by atoms with Gasteiger partial charge in [0.1, 0.15) is 5.69 Å². The fourth-order valence-electron chi connectivity index (χ4n) is 2.03. The lowest BCUT2D eigenvalue weighted by molar-refractivity contribution is -0.146. The molecule has 6 heteroatoms. The van der Waals surface area contributed by atoms with Crippen molar-refractivity contribution in [3.63, 3.8) is 0 Å². The molecule has 3 rings (SSSR count). The Balaban J connectivity index is 1.77. The topological polar surface area (TPSA) is 60.2 Å². The molecule has 18 heavy (non-hydrogen) atoms. The van der Waals surface area contributed by atoms with Crippen molar-refractivity contribution in [1.29, 1.82) is 0 Å². The van der Waals surface area contributed by atoms with Crippen LogP contribution in [0.2, 0.25) is 0 Å². The Morgan fingerprint density at radius 1 is 1.50 bits per heavy atom. The van der Waals surface area contributed by atoms with E-state index in [2.05, 4.69) is 29.4 Å². The summed E-state index contributed by atoms with van der Waals surface area (Å²) in [5, 5.41) is 17.7. The highest BCUT2D eigenvalue weighted by Crippen LogP contribution is 2.30.